The largest absolute Gasteiger partial charge is 0.497 e. The number of nitrogens with zero attached hydrogens (tertiary/aromatic N) is 4. The highest BCUT2D eigenvalue weighted by molar-refractivity contribution is 5.86. The van der Waals surface area contributed by atoms with Crippen LogP contribution in [-0.2, 0) is 0 Å². The van der Waals surface area contributed by atoms with Crippen LogP contribution in [0, 0.1) is 11.6 Å². The molecule has 8 heteroatoms. The third kappa shape index (κ3) is 3.37. The third-order valence-corrected chi connectivity index (χ3v) is 4.29. The molecule has 0 aliphatic heterocycles. The molecule has 0 spiro atoms. The van der Waals surface area contributed by atoms with Gasteiger partial charge >= 0.3 is 0 Å². The molecular formula is C21H18F2N4O2. The van der Waals surface area contributed by atoms with E-state index < -0.39 is 11.6 Å². The Morgan fingerprint density at radius 3 is 2.31 bits per heavy atom. The van der Waals surface area contributed by atoms with Gasteiger partial charge < -0.3 is 9.47 Å². The van der Waals surface area contributed by atoms with E-state index in [1.165, 1.54) is 18.0 Å². The zero-order chi connectivity index (χ0) is 20.5. The molecule has 2 aromatic heterocycles. The molecule has 0 fully saturated rings. The normalized spacial score (nSPS) is 11.2. The van der Waals surface area contributed by atoms with Gasteiger partial charge in [0.15, 0.2) is 0 Å². The molecule has 148 valence electrons. The minimum atomic E-state index is -0.797. The molecule has 0 unspecified atom stereocenters. The van der Waals surface area contributed by atoms with Gasteiger partial charge in [0, 0.05) is 17.7 Å². The summed E-state index contributed by atoms with van der Waals surface area (Å²) in [5.74, 6) is -1.19. The van der Waals surface area contributed by atoms with Crippen LogP contribution in [-0.4, -0.2) is 32.8 Å². The van der Waals surface area contributed by atoms with Crippen molar-refractivity contribution in [3.05, 3.63) is 60.4 Å². The van der Waals surface area contributed by atoms with Gasteiger partial charge in [0.05, 0.1) is 30.0 Å². The van der Waals surface area contributed by atoms with Crippen molar-refractivity contribution in [2.24, 2.45) is 0 Å². The number of halogens is 2. The first-order valence-corrected chi connectivity index (χ1v) is 8.98. The van der Waals surface area contributed by atoms with Crippen molar-refractivity contribution < 1.29 is 18.3 Å². The molecular weight excluding hydrogens is 378 g/mol. The topological polar surface area (TPSA) is 61.5 Å². The predicted molar refractivity (Wildman–Crippen MR) is 104 cm³/mol. The van der Waals surface area contributed by atoms with Crippen molar-refractivity contribution >= 4 is 5.78 Å². The molecule has 0 atom stereocenters. The van der Waals surface area contributed by atoms with Crippen LogP contribution < -0.4 is 9.47 Å². The fourth-order valence-electron chi connectivity index (χ4n) is 3.13. The number of ether oxygens (including phenoxy) is 2. The molecule has 0 N–H and O–H groups in total. The zero-order valence-electron chi connectivity index (χ0n) is 16.1. The second-order valence-corrected chi connectivity index (χ2v) is 6.61. The average molecular weight is 396 g/mol. The van der Waals surface area contributed by atoms with Gasteiger partial charge in [-0.3, -0.25) is 0 Å². The SMILES string of the molecule is COc1cc(F)c(-c2c(OC(C)C)nc3ncnn3c2-c2ccccc2)c(F)c1. The first-order chi connectivity index (χ1) is 14.0. The number of hydrogen-bond donors (Lipinski definition) is 0. The maximum absolute atomic E-state index is 15.1. The molecule has 2 heterocycles. The summed E-state index contributed by atoms with van der Waals surface area (Å²) in [6, 6.07) is 11.4. The van der Waals surface area contributed by atoms with E-state index in [0.717, 1.165) is 12.1 Å². The van der Waals surface area contributed by atoms with Crippen LogP contribution >= 0.6 is 0 Å². The Labute approximate surface area is 165 Å². The Balaban J connectivity index is 2.14. The summed E-state index contributed by atoms with van der Waals surface area (Å²) in [4.78, 5) is 8.50. The summed E-state index contributed by atoms with van der Waals surface area (Å²) >= 11 is 0. The number of rotatable bonds is 5. The minimum absolute atomic E-state index is 0.0716. The van der Waals surface area contributed by atoms with E-state index >= 15 is 8.78 Å². The Kier molecular flexibility index (Phi) is 4.84. The van der Waals surface area contributed by atoms with E-state index in [0.29, 0.717) is 11.3 Å². The summed E-state index contributed by atoms with van der Waals surface area (Å²) in [7, 11) is 1.35. The second-order valence-electron chi connectivity index (χ2n) is 6.61. The Hall–Kier alpha value is -3.55. The number of hydrogen-bond acceptors (Lipinski definition) is 5. The van der Waals surface area contributed by atoms with Gasteiger partial charge in [0.1, 0.15) is 23.7 Å². The van der Waals surface area contributed by atoms with Crippen molar-refractivity contribution in [3.8, 4) is 34.0 Å². The second kappa shape index (κ2) is 7.46. The van der Waals surface area contributed by atoms with Gasteiger partial charge in [-0.2, -0.15) is 19.6 Å². The van der Waals surface area contributed by atoms with Crippen LogP contribution in [0.4, 0.5) is 8.78 Å². The first-order valence-electron chi connectivity index (χ1n) is 8.98. The summed E-state index contributed by atoms with van der Waals surface area (Å²) in [5.41, 5.74) is 0.987. The third-order valence-electron chi connectivity index (χ3n) is 4.29. The van der Waals surface area contributed by atoms with E-state index in [-0.39, 0.29) is 34.6 Å². The van der Waals surface area contributed by atoms with Gasteiger partial charge in [-0.1, -0.05) is 30.3 Å². The predicted octanol–water partition coefficient (Wildman–Crippen LogP) is 4.53. The monoisotopic (exact) mass is 396 g/mol. The lowest BCUT2D eigenvalue weighted by Crippen LogP contribution is -2.12. The fourth-order valence-corrected chi connectivity index (χ4v) is 3.13. The lowest BCUT2D eigenvalue weighted by molar-refractivity contribution is 0.234. The molecule has 0 bridgehead atoms. The lowest BCUT2D eigenvalue weighted by atomic mass is 9.98. The zero-order valence-corrected chi connectivity index (χ0v) is 16.1. The van der Waals surface area contributed by atoms with Crippen LogP contribution in [0.5, 0.6) is 11.6 Å². The summed E-state index contributed by atoms with van der Waals surface area (Å²) in [6.45, 7) is 3.62. The van der Waals surface area contributed by atoms with Crippen LogP contribution in [0.15, 0.2) is 48.8 Å². The number of fused-ring (bicyclic) bond motifs is 1. The maximum Gasteiger partial charge on any atom is 0.256 e. The van der Waals surface area contributed by atoms with Crippen molar-refractivity contribution in [2.75, 3.05) is 7.11 Å². The van der Waals surface area contributed by atoms with Crippen molar-refractivity contribution in [1.82, 2.24) is 19.6 Å². The highest BCUT2D eigenvalue weighted by Gasteiger charge is 2.27. The molecule has 0 radical (unpaired) electrons. The Bertz CT molecular complexity index is 1150. The molecule has 6 nitrogen and oxygen atoms in total. The van der Waals surface area contributed by atoms with E-state index in [1.807, 2.05) is 44.2 Å². The Morgan fingerprint density at radius 1 is 1.00 bits per heavy atom. The summed E-state index contributed by atoms with van der Waals surface area (Å²) in [6.07, 6.45) is 1.05. The molecule has 0 amide bonds. The molecule has 4 rings (SSSR count). The van der Waals surface area contributed by atoms with Crippen LogP contribution in [0.25, 0.3) is 28.2 Å². The van der Waals surface area contributed by atoms with Crippen molar-refractivity contribution in [1.29, 1.82) is 0 Å². The quantitative estimate of drug-likeness (QED) is 0.496. The maximum atomic E-state index is 15.1. The fraction of sp³-hybridized carbons (Fsp3) is 0.190. The summed E-state index contributed by atoms with van der Waals surface area (Å²) < 4.78 is 42.4. The van der Waals surface area contributed by atoms with Crippen LogP contribution in [0.1, 0.15) is 13.8 Å². The van der Waals surface area contributed by atoms with Gasteiger partial charge in [-0.05, 0) is 13.8 Å². The first kappa shape index (κ1) is 18.8. The number of benzene rings is 2. The molecule has 2 aromatic carbocycles. The van der Waals surface area contributed by atoms with Gasteiger partial charge in [-0.15, -0.1) is 0 Å². The smallest absolute Gasteiger partial charge is 0.256 e. The van der Waals surface area contributed by atoms with E-state index in [4.69, 9.17) is 9.47 Å². The van der Waals surface area contributed by atoms with Gasteiger partial charge in [0.2, 0.25) is 5.88 Å². The van der Waals surface area contributed by atoms with Crippen LogP contribution in [0.3, 0.4) is 0 Å². The van der Waals surface area contributed by atoms with Gasteiger partial charge in [-0.25, -0.2) is 8.78 Å². The van der Waals surface area contributed by atoms with Crippen molar-refractivity contribution in [3.63, 3.8) is 0 Å². The van der Waals surface area contributed by atoms with E-state index in [1.54, 1.807) is 0 Å². The van der Waals surface area contributed by atoms with E-state index in [2.05, 4.69) is 15.1 Å². The lowest BCUT2D eigenvalue weighted by Gasteiger charge is -2.19. The molecule has 29 heavy (non-hydrogen) atoms. The number of aromatic nitrogens is 4. The molecule has 0 saturated heterocycles. The van der Waals surface area contributed by atoms with Gasteiger partial charge in [0.25, 0.3) is 5.78 Å². The number of methoxy groups -OCH3 is 1. The summed E-state index contributed by atoms with van der Waals surface area (Å²) in [5, 5.41) is 4.21. The highest BCUT2D eigenvalue weighted by Crippen LogP contribution is 2.42. The molecule has 0 aliphatic carbocycles. The molecule has 0 saturated carbocycles. The minimum Gasteiger partial charge on any atom is -0.497 e. The molecule has 0 aliphatic rings. The average Bonchev–Trinajstić information content (AvgIpc) is 3.15. The van der Waals surface area contributed by atoms with Crippen LogP contribution in [0.2, 0.25) is 0 Å². The standard InChI is InChI=1S/C21H18F2N4O2/c1-12(2)29-20-18(17-15(22)9-14(28-3)10-16(17)23)19(13-7-5-4-6-8-13)27-21(26-20)24-11-25-27/h4-12H,1-3H3. The van der Waals surface area contributed by atoms with Crippen molar-refractivity contribution in [2.45, 2.75) is 20.0 Å². The molecule has 4 aromatic rings. The Morgan fingerprint density at radius 2 is 1.69 bits per heavy atom. The van der Waals surface area contributed by atoms with E-state index in [9.17, 15) is 0 Å². The highest BCUT2D eigenvalue weighted by atomic mass is 19.1.